The molecule has 0 bridgehead atoms. The lowest BCUT2D eigenvalue weighted by Gasteiger charge is -2.31. The number of nitrogens with zero attached hydrogens (tertiary/aromatic N) is 5. The minimum absolute atomic E-state index is 0.205. The molecule has 5 rings (SSSR count). The van der Waals surface area contributed by atoms with Gasteiger partial charge in [-0.3, -0.25) is 9.69 Å². The molecule has 0 aliphatic rings. The first-order valence-corrected chi connectivity index (χ1v) is 12.9. The predicted octanol–water partition coefficient (Wildman–Crippen LogP) is 4.44. The van der Waals surface area contributed by atoms with E-state index in [0.717, 1.165) is 28.5 Å². The van der Waals surface area contributed by atoms with Gasteiger partial charge in [0.05, 0.1) is 13.2 Å². The van der Waals surface area contributed by atoms with Crippen LogP contribution in [0.2, 0.25) is 0 Å². The van der Waals surface area contributed by atoms with Crippen LogP contribution in [0.3, 0.4) is 0 Å². The summed E-state index contributed by atoms with van der Waals surface area (Å²) in [4.78, 5) is 18.9. The van der Waals surface area contributed by atoms with Gasteiger partial charge in [0.2, 0.25) is 0 Å². The number of aromatic nitrogens is 5. The zero-order valence-electron chi connectivity index (χ0n) is 22.0. The van der Waals surface area contributed by atoms with Crippen molar-refractivity contribution in [2.45, 2.75) is 32.5 Å². The first-order valence-electron chi connectivity index (χ1n) is 12.9. The van der Waals surface area contributed by atoms with Gasteiger partial charge in [0.15, 0.2) is 5.82 Å². The molecule has 0 amide bonds. The first kappa shape index (κ1) is 26.4. The number of fused-ring (bicyclic) bond motifs is 1. The molecule has 0 saturated heterocycles. The summed E-state index contributed by atoms with van der Waals surface area (Å²) >= 11 is 0. The van der Waals surface area contributed by atoms with E-state index in [9.17, 15) is 9.18 Å². The molecule has 2 aromatic heterocycles. The Morgan fingerprint density at radius 2 is 1.82 bits per heavy atom. The zero-order valence-corrected chi connectivity index (χ0v) is 22.0. The molecule has 0 saturated carbocycles. The van der Waals surface area contributed by atoms with Crippen molar-refractivity contribution < 1.29 is 9.13 Å². The van der Waals surface area contributed by atoms with Crippen molar-refractivity contribution in [2.75, 3.05) is 20.3 Å². The molecule has 1 atom stereocenters. The quantitative estimate of drug-likeness (QED) is 0.274. The average molecular weight is 527 g/mol. The minimum atomic E-state index is -0.569. The van der Waals surface area contributed by atoms with E-state index in [1.165, 1.54) is 17.7 Å². The summed E-state index contributed by atoms with van der Waals surface area (Å²) in [6, 6.07) is 24.0. The molecule has 0 spiro atoms. The maximum absolute atomic E-state index is 13.7. The van der Waals surface area contributed by atoms with Crippen LogP contribution >= 0.6 is 0 Å². The summed E-state index contributed by atoms with van der Waals surface area (Å²) in [6.07, 6.45) is 0.739. The number of aromatic amines is 1. The highest BCUT2D eigenvalue weighted by atomic mass is 19.1. The predicted molar refractivity (Wildman–Crippen MR) is 148 cm³/mol. The maximum atomic E-state index is 13.7. The van der Waals surface area contributed by atoms with Crippen molar-refractivity contribution in [3.63, 3.8) is 0 Å². The third-order valence-corrected chi connectivity index (χ3v) is 6.83. The second-order valence-corrected chi connectivity index (χ2v) is 9.63. The monoisotopic (exact) mass is 526 g/mol. The van der Waals surface area contributed by atoms with Crippen LogP contribution in [0.5, 0.6) is 0 Å². The van der Waals surface area contributed by atoms with Crippen LogP contribution in [0.4, 0.5) is 4.39 Å². The molecule has 200 valence electrons. The van der Waals surface area contributed by atoms with E-state index in [4.69, 9.17) is 4.74 Å². The van der Waals surface area contributed by atoms with Crippen molar-refractivity contribution >= 4 is 10.9 Å². The number of tetrazole rings is 1. The van der Waals surface area contributed by atoms with E-state index in [-0.39, 0.29) is 11.4 Å². The second kappa shape index (κ2) is 12.1. The lowest BCUT2D eigenvalue weighted by Crippen LogP contribution is -2.36. The Bertz CT molecular complexity index is 1580. The fraction of sp³-hybridized carbons (Fsp3) is 0.267. The molecule has 0 aliphatic heterocycles. The molecule has 2 heterocycles. The second-order valence-electron chi connectivity index (χ2n) is 9.63. The lowest BCUT2D eigenvalue weighted by atomic mass is 10.0. The molecule has 39 heavy (non-hydrogen) atoms. The number of ether oxygens (including phenoxy) is 1. The van der Waals surface area contributed by atoms with Crippen LogP contribution in [-0.4, -0.2) is 50.4 Å². The Labute approximate surface area is 226 Å². The van der Waals surface area contributed by atoms with E-state index < -0.39 is 6.04 Å². The summed E-state index contributed by atoms with van der Waals surface area (Å²) < 4.78 is 20.7. The molecule has 5 aromatic rings. The summed E-state index contributed by atoms with van der Waals surface area (Å²) in [5, 5.41) is 13.5. The molecule has 1 N–H and O–H groups in total. The molecular formula is C30H31FN6O2. The maximum Gasteiger partial charge on any atom is 0.253 e. The van der Waals surface area contributed by atoms with Crippen LogP contribution in [0.15, 0.2) is 83.7 Å². The molecule has 0 unspecified atom stereocenters. The van der Waals surface area contributed by atoms with Gasteiger partial charge >= 0.3 is 0 Å². The van der Waals surface area contributed by atoms with Gasteiger partial charge in [-0.05, 0) is 70.1 Å². The highest BCUT2D eigenvalue weighted by Crippen LogP contribution is 2.29. The van der Waals surface area contributed by atoms with Gasteiger partial charge in [0.25, 0.3) is 5.56 Å². The number of aryl methyl sites for hydroxylation is 1. The van der Waals surface area contributed by atoms with Crippen molar-refractivity contribution in [1.82, 2.24) is 30.1 Å². The van der Waals surface area contributed by atoms with Crippen LogP contribution in [0, 0.1) is 12.7 Å². The largest absolute Gasteiger partial charge is 0.383 e. The van der Waals surface area contributed by atoms with Gasteiger partial charge in [0.1, 0.15) is 11.9 Å². The average Bonchev–Trinajstić information content (AvgIpc) is 3.40. The van der Waals surface area contributed by atoms with E-state index >= 15 is 0 Å². The molecular weight excluding hydrogens is 495 g/mol. The Kier molecular flexibility index (Phi) is 8.19. The Balaban J connectivity index is 1.64. The molecule has 0 fully saturated rings. The van der Waals surface area contributed by atoms with Gasteiger partial charge < -0.3 is 9.72 Å². The fourth-order valence-electron chi connectivity index (χ4n) is 4.82. The standard InChI is InChI=1S/C30H31FN6O2/c1-21-8-11-24-19-26(30(38)32-27(24)18-21)28(29-33-34-35-37(29)16-17-39-2)36(15-14-22-6-4-3-5-7-22)20-23-9-12-25(31)13-10-23/h3-13,18-19,28H,14-17,20H2,1-2H3,(H,32,38)/t28-/m1/s1. The summed E-state index contributed by atoms with van der Waals surface area (Å²) in [6.45, 7) is 3.91. The van der Waals surface area contributed by atoms with E-state index in [2.05, 4.69) is 37.5 Å². The van der Waals surface area contributed by atoms with Gasteiger partial charge in [-0.1, -0.05) is 54.6 Å². The molecule has 0 aliphatic carbocycles. The van der Waals surface area contributed by atoms with Crippen LogP contribution in [0.25, 0.3) is 10.9 Å². The number of halogens is 1. The SMILES string of the molecule is COCCn1nnnc1[C@@H](c1cc2ccc(C)cc2[nH]c1=O)N(CCc1ccccc1)Cc1ccc(F)cc1. The Hall–Kier alpha value is -4.21. The first-order chi connectivity index (χ1) is 19.0. The summed E-state index contributed by atoms with van der Waals surface area (Å²) in [7, 11) is 1.62. The van der Waals surface area contributed by atoms with E-state index in [1.807, 2.05) is 49.4 Å². The third kappa shape index (κ3) is 6.27. The third-order valence-electron chi connectivity index (χ3n) is 6.83. The number of rotatable bonds is 11. The topological polar surface area (TPSA) is 88.9 Å². The Morgan fingerprint density at radius 3 is 2.59 bits per heavy atom. The van der Waals surface area contributed by atoms with E-state index in [0.29, 0.717) is 37.6 Å². The molecule has 8 nitrogen and oxygen atoms in total. The van der Waals surface area contributed by atoms with E-state index in [1.54, 1.807) is 23.9 Å². The number of nitrogens with one attached hydrogen (secondary N) is 1. The highest BCUT2D eigenvalue weighted by molar-refractivity contribution is 5.79. The normalized spacial score (nSPS) is 12.3. The number of hydrogen-bond donors (Lipinski definition) is 1. The molecule has 9 heteroatoms. The molecule has 3 aromatic carbocycles. The van der Waals surface area contributed by atoms with Crippen LogP contribution in [0.1, 0.15) is 34.1 Å². The number of methoxy groups -OCH3 is 1. The van der Waals surface area contributed by atoms with Gasteiger partial charge in [0, 0.05) is 31.3 Å². The molecule has 0 radical (unpaired) electrons. The van der Waals surface area contributed by atoms with Crippen molar-refractivity contribution in [2.24, 2.45) is 0 Å². The zero-order chi connectivity index (χ0) is 27.2. The lowest BCUT2D eigenvalue weighted by molar-refractivity contribution is 0.172. The van der Waals surface area contributed by atoms with Crippen molar-refractivity contribution in [3.8, 4) is 0 Å². The van der Waals surface area contributed by atoms with Gasteiger partial charge in [-0.25, -0.2) is 9.07 Å². The number of benzene rings is 3. The number of pyridine rings is 1. The summed E-state index contributed by atoms with van der Waals surface area (Å²) in [5.74, 6) is 0.245. The number of hydrogen-bond acceptors (Lipinski definition) is 6. The highest BCUT2D eigenvalue weighted by Gasteiger charge is 2.30. The van der Waals surface area contributed by atoms with Crippen molar-refractivity contribution in [1.29, 1.82) is 0 Å². The van der Waals surface area contributed by atoms with Gasteiger partial charge in [-0.2, -0.15) is 0 Å². The Morgan fingerprint density at radius 1 is 1.03 bits per heavy atom. The fourth-order valence-corrected chi connectivity index (χ4v) is 4.82. The summed E-state index contributed by atoms with van der Waals surface area (Å²) in [5.41, 5.74) is 4.25. The number of H-pyrrole nitrogens is 1. The smallest absolute Gasteiger partial charge is 0.253 e. The van der Waals surface area contributed by atoms with Crippen molar-refractivity contribution in [3.05, 3.63) is 123 Å². The minimum Gasteiger partial charge on any atom is -0.383 e. The van der Waals surface area contributed by atoms with Gasteiger partial charge in [-0.15, -0.1) is 5.10 Å². The van der Waals surface area contributed by atoms with Crippen LogP contribution in [-0.2, 0) is 24.2 Å². The van der Waals surface area contributed by atoms with Crippen LogP contribution < -0.4 is 5.56 Å².